The predicted molar refractivity (Wildman–Crippen MR) is 172 cm³/mol. The number of carboxylic acids is 1. The summed E-state index contributed by atoms with van der Waals surface area (Å²) in [7, 11) is 0. The molecule has 1 fully saturated rings. The molecular weight excluding hydrogens is 691 g/mol. The van der Waals surface area contributed by atoms with Crippen molar-refractivity contribution in [1.29, 1.82) is 0 Å². The topological polar surface area (TPSA) is 124 Å². The SMILES string of the molecule is CCOc1c(Cl)c([C@@H](C)N(CCO[C@@H](C)c2ccccc2)C(=O)NC2(C(=O)O)CC(OCC)C2)cc(OCI)c1C(C)=O. The van der Waals surface area contributed by atoms with Crippen LogP contribution in [0.3, 0.4) is 0 Å². The molecule has 10 nitrogen and oxygen atoms in total. The minimum absolute atomic E-state index is 0.117. The van der Waals surface area contributed by atoms with Crippen LogP contribution in [-0.2, 0) is 14.3 Å². The van der Waals surface area contributed by atoms with Gasteiger partial charge in [-0.1, -0.05) is 41.9 Å². The quantitative estimate of drug-likeness (QED) is 0.113. The number of carbonyl (C=O) groups is 3. The number of hydrogen-bond donors (Lipinski definition) is 2. The molecule has 2 aromatic carbocycles. The minimum atomic E-state index is -1.46. The van der Waals surface area contributed by atoms with Gasteiger partial charge in [-0.25, -0.2) is 9.59 Å². The van der Waals surface area contributed by atoms with Crippen molar-refractivity contribution in [2.45, 2.75) is 71.2 Å². The molecule has 0 unspecified atom stereocenters. The number of aliphatic carboxylic acids is 1. The molecule has 0 radical (unpaired) electrons. The van der Waals surface area contributed by atoms with Gasteiger partial charge in [0, 0.05) is 31.6 Å². The van der Waals surface area contributed by atoms with Crippen LogP contribution in [0.2, 0.25) is 5.02 Å². The Morgan fingerprint density at radius 2 is 1.81 bits per heavy atom. The summed E-state index contributed by atoms with van der Waals surface area (Å²) in [5.41, 5.74) is 0.224. The molecule has 2 N–H and O–H groups in total. The van der Waals surface area contributed by atoms with Gasteiger partial charge in [-0.2, -0.15) is 0 Å². The molecule has 1 aliphatic rings. The first kappa shape index (κ1) is 34.9. The monoisotopic (exact) mass is 730 g/mol. The number of ketones is 1. The highest BCUT2D eigenvalue weighted by Crippen LogP contribution is 2.43. The number of ether oxygens (including phenoxy) is 4. The number of nitrogens with one attached hydrogen (secondary N) is 1. The third-order valence-electron chi connectivity index (χ3n) is 7.52. The van der Waals surface area contributed by atoms with E-state index < -0.39 is 23.6 Å². The van der Waals surface area contributed by atoms with E-state index in [4.69, 9.17) is 30.5 Å². The zero-order valence-corrected chi connectivity index (χ0v) is 28.1. The maximum absolute atomic E-state index is 13.9. The van der Waals surface area contributed by atoms with E-state index in [9.17, 15) is 19.5 Å². The summed E-state index contributed by atoms with van der Waals surface area (Å²) >= 11 is 8.89. The Kier molecular flexibility index (Phi) is 12.9. The minimum Gasteiger partial charge on any atom is -0.491 e. The molecule has 2 atom stereocenters. The van der Waals surface area contributed by atoms with Crippen molar-refractivity contribution in [2.24, 2.45) is 0 Å². The number of Topliss-reactive ketones (excluding diaryl/α,β-unsaturated/α-hetero) is 1. The number of carbonyl (C=O) groups excluding carboxylic acids is 2. The fraction of sp³-hybridized carbons (Fsp3) is 0.516. The highest BCUT2D eigenvalue weighted by molar-refractivity contribution is 14.1. The van der Waals surface area contributed by atoms with E-state index in [-0.39, 0.29) is 77.3 Å². The van der Waals surface area contributed by atoms with Crippen molar-refractivity contribution in [1.82, 2.24) is 10.2 Å². The highest BCUT2D eigenvalue weighted by Gasteiger charge is 2.53. The van der Waals surface area contributed by atoms with Crippen molar-refractivity contribution in [2.75, 3.05) is 31.0 Å². The summed E-state index contributed by atoms with van der Waals surface area (Å²) in [4.78, 5) is 40.3. The Morgan fingerprint density at radius 3 is 2.37 bits per heavy atom. The lowest BCUT2D eigenvalue weighted by atomic mass is 9.74. The molecule has 1 aliphatic carbocycles. The van der Waals surface area contributed by atoms with E-state index >= 15 is 0 Å². The second-order valence-electron chi connectivity index (χ2n) is 10.3. The third kappa shape index (κ3) is 8.31. The zero-order valence-electron chi connectivity index (χ0n) is 25.2. The molecule has 0 heterocycles. The molecule has 3 rings (SSSR count). The van der Waals surface area contributed by atoms with Crippen LogP contribution < -0.4 is 14.8 Å². The number of rotatable bonds is 16. The Hall–Kier alpha value is -2.61. The van der Waals surface area contributed by atoms with Crippen LogP contribution in [0.5, 0.6) is 11.5 Å². The van der Waals surface area contributed by atoms with Gasteiger partial charge in [-0.05, 0) is 68.8 Å². The van der Waals surface area contributed by atoms with Crippen LogP contribution in [0, 0.1) is 0 Å². The standard InChI is InChI=1S/C31H40ClIN2O8/c1-6-40-23-16-31(17-23,29(37)38)34-30(39)35(13-14-42-21(5)22-11-9-8-10-12-22)19(3)24-15-25(43-18-33)26(20(4)36)28(27(24)32)41-7-2/h8-12,15,19,21,23H,6-7,13-14,16-18H2,1-5H3,(H,34,39)(H,37,38)/t19-,21+,23?,31?/m1/s1. The molecule has 2 amide bonds. The summed E-state index contributed by atoms with van der Waals surface area (Å²) in [6.07, 6.45) is -0.182. The van der Waals surface area contributed by atoms with Crippen molar-refractivity contribution in [3.05, 3.63) is 58.1 Å². The molecule has 0 saturated heterocycles. The number of hydrogen-bond acceptors (Lipinski definition) is 7. The normalized spacial score (nSPS) is 19.1. The summed E-state index contributed by atoms with van der Waals surface area (Å²) in [6.45, 7) is 9.69. The molecule has 0 bridgehead atoms. The summed E-state index contributed by atoms with van der Waals surface area (Å²) in [5.74, 6) is -0.944. The highest BCUT2D eigenvalue weighted by atomic mass is 127. The summed E-state index contributed by atoms with van der Waals surface area (Å²) in [6, 6.07) is 10.0. The van der Waals surface area contributed by atoms with Crippen LogP contribution in [0.4, 0.5) is 4.79 Å². The predicted octanol–water partition coefficient (Wildman–Crippen LogP) is 6.59. The maximum atomic E-state index is 13.9. The zero-order chi connectivity index (χ0) is 31.7. The van der Waals surface area contributed by atoms with E-state index in [1.165, 1.54) is 11.8 Å². The van der Waals surface area contributed by atoms with Crippen molar-refractivity contribution >= 4 is 52.0 Å². The van der Waals surface area contributed by atoms with Crippen LogP contribution in [0.1, 0.15) is 81.1 Å². The fourth-order valence-electron chi connectivity index (χ4n) is 5.18. The van der Waals surface area contributed by atoms with Gasteiger partial charge < -0.3 is 34.3 Å². The molecule has 12 heteroatoms. The van der Waals surface area contributed by atoms with Gasteiger partial charge in [0.25, 0.3) is 0 Å². The van der Waals surface area contributed by atoms with Gasteiger partial charge in [-0.15, -0.1) is 0 Å². The van der Waals surface area contributed by atoms with Gasteiger partial charge in [0.2, 0.25) is 0 Å². The van der Waals surface area contributed by atoms with Gasteiger partial charge >= 0.3 is 12.0 Å². The average molecular weight is 731 g/mol. The molecule has 0 spiro atoms. The first-order valence-electron chi connectivity index (χ1n) is 14.3. The molecule has 0 aromatic heterocycles. The lowest BCUT2D eigenvalue weighted by Gasteiger charge is -2.45. The summed E-state index contributed by atoms with van der Waals surface area (Å²) in [5, 5.41) is 13.0. The largest absolute Gasteiger partial charge is 0.491 e. The van der Waals surface area contributed by atoms with E-state index in [0.717, 1.165) is 5.56 Å². The molecule has 236 valence electrons. The first-order chi connectivity index (χ1) is 20.5. The van der Waals surface area contributed by atoms with Crippen molar-refractivity contribution < 1.29 is 38.4 Å². The smallest absolute Gasteiger partial charge is 0.329 e. The molecule has 1 saturated carbocycles. The Balaban J connectivity index is 1.97. The van der Waals surface area contributed by atoms with Gasteiger partial charge in [0.05, 0.1) is 36.5 Å². The second-order valence-corrected chi connectivity index (χ2v) is 11.3. The average Bonchev–Trinajstić information content (AvgIpc) is 2.95. The lowest BCUT2D eigenvalue weighted by Crippen LogP contribution is -2.66. The van der Waals surface area contributed by atoms with Gasteiger partial charge in [0.15, 0.2) is 11.5 Å². The van der Waals surface area contributed by atoms with Crippen LogP contribution in [0.25, 0.3) is 0 Å². The Bertz CT molecular complexity index is 1270. The molecule has 0 aliphatic heterocycles. The van der Waals surface area contributed by atoms with E-state index in [1.54, 1.807) is 19.9 Å². The van der Waals surface area contributed by atoms with E-state index in [2.05, 4.69) is 5.32 Å². The first-order valence-corrected chi connectivity index (χ1v) is 16.2. The molecule has 43 heavy (non-hydrogen) atoms. The molecule has 2 aromatic rings. The lowest BCUT2D eigenvalue weighted by molar-refractivity contribution is -0.156. The van der Waals surface area contributed by atoms with Crippen LogP contribution >= 0.6 is 34.2 Å². The number of amides is 2. The number of benzene rings is 2. The second kappa shape index (κ2) is 15.9. The van der Waals surface area contributed by atoms with Crippen LogP contribution in [-0.4, -0.2) is 70.4 Å². The van der Waals surface area contributed by atoms with E-state index in [0.29, 0.717) is 12.2 Å². The number of nitrogens with zero attached hydrogens (tertiary/aromatic N) is 1. The van der Waals surface area contributed by atoms with Gasteiger partial charge in [0.1, 0.15) is 21.5 Å². The van der Waals surface area contributed by atoms with Crippen LogP contribution in [0.15, 0.2) is 36.4 Å². The fourth-order valence-corrected chi connectivity index (χ4v) is 5.88. The van der Waals surface area contributed by atoms with Crippen molar-refractivity contribution in [3.63, 3.8) is 0 Å². The number of alkyl halides is 1. The Morgan fingerprint density at radius 1 is 1.14 bits per heavy atom. The van der Waals surface area contributed by atoms with Gasteiger partial charge in [-0.3, -0.25) is 4.79 Å². The molecular formula is C31H40ClIN2O8. The maximum Gasteiger partial charge on any atom is 0.329 e. The Labute approximate surface area is 271 Å². The number of carboxylic acid groups (broad SMARTS) is 1. The number of halogens is 2. The van der Waals surface area contributed by atoms with E-state index in [1.807, 2.05) is 66.8 Å². The third-order valence-corrected chi connectivity index (χ3v) is 8.22. The van der Waals surface area contributed by atoms with Crippen molar-refractivity contribution in [3.8, 4) is 11.5 Å². The number of urea groups is 1. The summed E-state index contributed by atoms with van der Waals surface area (Å²) < 4.78 is 23.5.